The normalized spacial score (nSPS) is 12.0. The van der Waals surface area contributed by atoms with E-state index < -0.39 is 35.7 Å². The van der Waals surface area contributed by atoms with Gasteiger partial charge in [-0.1, -0.05) is 12.1 Å². The van der Waals surface area contributed by atoms with Crippen molar-refractivity contribution in [3.05, 3.63) is 71.2 Å². The van der Waals surface area contributed by atoms with E-state index in [0.29, 0.717) is 16.1 Å². The van der Waals surface area contributed by atoms with Gasteiger partial charge in [-0.15, -0.1) is 0 Å². The van der Waals surface area contributed by atoms with Gasteiger partial charge in [-0.25, -0.2) is 9.78 Å². The van der Waals surface area contributed by atoms with Crippen LogP contribution in [0.15, 0.2) is 54.5 Å². The molecule has 35 heavy (non-hydrogen) atoms. The van der Waals surface area contributed by atoms with E-state index in [4.69, 9.17) is 0 Å². The summed E-state index contributed by atoms with van der Waals surface area (Å²) in [5.41, 5.74) is 0.366. The summed E-state index contributed by atoms with van der Waals surface area (Å²) in [6, 6.07) is 8.64. The van der Waals surface area contributed by atoms with Crippen LogP contribution in [0.25, 0.3) is 11.0 Å². The number of carbonyl (C=O) groups excluding carboxylic acids is 2. The number of hydrogen-bond donors (Lipinski definition) is 1. The molecule has 0 spiro atoms. The van der Waals surface area contributed by atoms with Crippen molar-refractivity contribution in [2.75, 3.05) is 11.9 Å². The zero-order chi connectivity index (χ0) is 25.9. The lowest BCUT2D eigenvalue weighted by Gasteiger charge is -2.21. The molecule has 0 unspecified atom stereocenters. The van der Waals surface area contributed by atoms with E-state index in [1.165, 1.54) is 24.9 Å². The van der Waals surface area contributed by atoms with E-state index in [9.17, 15) is 32.7 Å². The summed E-state index contributed by atoms with van der Waals surface area (Å²) in [6.45, 7) is 3.39. The molecular weight excluding hydrogens is 465 g/mol. The quantitative estimate of drug-likeness (QED) is 0.223. The second-order valence-electron chi connectivity index (χ2n) is 7.79. The largest absolute Gasteiger partial charge is 0.477 e. The number of carboxylic acids is 1. The number of carbonyl (C=O) groups is 3. The maximum atomic E-state index is 13.2. The minimum atomic E-state index is -4.61. The minimum Gasteiger partial charge on any atom is -0.477 e. The number of hydrogen-bond acceptors (Lipinski definition) is 5. The van der Waals surface area contributed by atoms with Crippen LogP contribution in [0.2, 0.25) is 0 Å². The number of anilines is 1. The van der Waals surface area contributed by atoms with Crippen molar-refractivity contribution in [2.45, 2.75) is 33.1 Å². The number of nitrogens with zero attached hydrogens (tertiary/aromatic N) is 4. The molecule has 0 fully saturated rings. The number of benzene rings is 2. The number of rotatable bonds is 8. The molecule has 8 nitrogen and oxygen atoms in total. The summed E-state index contributed by atoms with van der Waals surface area (Å²) in [5, 5.41) is 9.64. The number of aliphatic carboxylic acids is 1. The van der Waals surface area contributed by atoms with Crippen molar-refractivity contribution in [3.63, 3.8) is 0 Å². The molecule has 2 amide bonds. The highest BCUT2D eigenvalue weighted by molar-refractivity contribution is 6.18. The second-order valence-corrected chi connectivity index (χ2v) is 7.79. The predicted octanol–water partition coefficient (Wildman–Crippen LogP) is 3.97. The maximum absolute atomic E-state index is 13.2. The lowest BCUT2D eigenvalue weighted by Crippen LogP contribution is -2.34. The molecule has 0 radical (unpaired) electrons. The van der Waals surface area contributed by atoms with E-state index in [1.54, 1.807) is 18.5 Å². The highest BCUT2D eigenvalue weighted by Gasteiger charge is 2.33. The predicted molar refractivity (Wildman–Crippen MR) is 122 cm³/mol. The Morgan fingerprint density at radius 2 is 1.91 bits per heavy atom. The zero-order valence-electron chi connectivity index (χ0n) is 19.2. The van der Waals surface area contributed by atoms with Gasteiger partial charge in [-0.2, -0.15) is 13.2 Å². The van der Waals surface area contributed by atoms with Crippen LogP contribution in [-0.2, 0) is 33.6 Å². The van der Waals surface area contributed by atoms with E-state index in [-0.39, 0.29) is 17.5 Å². The Morgan fingerprint density at radius 1 is 1.20 bits per heavy atom. The smallest absolute Gasteiger partial charge is 0.416 e. The fourth-order valence-corrected chi connectivity index (χ4v) is 3.65. The number of imidazole rings is 1. The third kappa shape index (κ3) is 5.34. The van der Waals surface area contributed by atoms with Crippen molar-refractivity contribution in [3.8, 4) is 0 Å². The van der Waals surface area contributed by atoms with Crippen molar-refractivity contribution in [1.29, 1.82) is 0 Å². The molecule has 1 heterocycles. The molecule has 0 atom stereocenters. The Kier molecular flexibility index (Phi) is 7.28. The minimum absolute atomic E-state index is 0.0651. The summed E-state index contributed by atoms with van der Waals surface area (Å²) >= 11 is 0. The second kappa shape index (κ2) is 10.00. The fraction of sp³-hybridized carbons (Fsp3) is 0.250. The molecule has 3 aromatic rings. The molecule has 2 aromatic carbocycles. The van der Waals surface area contributed by atoms with Crippen molar-refractivity contribution in [1.82, 2.24) is 14.5 Å². The molecular formula is C24H23F3N4O4. The molecule has 1 N–H and O–H groups in total. The molecule has 0 aliphatic heterocycles. The summed E-state index contributed by atoms with van der Waals surface area (Å²) in [5.74, 6) is -2.75. The number of carboxylic acid groups (broad SMARTS) is 1. The molecule has 0 bridgehead atoms. The van der Waals surface area contributed by atoms with Crippen LogP contribution >= 0.6 is 0 Å². The topological polar surface area (TPSA) is 95.7 Å². The summed E-state index contributed by atoms with van der Waals surface area (Å²) in [6.07, 6.45) is -1.78. The van der Waals surface area contributed by atoms with Crippen molar-refractivity contribution in [2.24, 2.45) is 0 Å². The van der Waals surface area contributed by atoms with Crippen molar-refractivity contribution < 1.29 is 32.7 Å². The first-order valence-electron chi connectivity index (χ1n) is 10.5. The number of alkyl halides is 3. The van der Waals surface area contributed by atoms with Gasteiger partial charge in [-0.3, -0.25) is 14.5 Å². The number of amides is 2. The third-order valence-electron chi connectivity index (χ3n) is 5.62. The van der Waals surface area contributed by atoms with E-state index in [0.717, 1.165) is 30.4 Å². The van der Waals surface area contributed by atoms with Crippen molar-refractivity contribution >= 4 is 35.0 Å². The van der Waals surface area contributed by atoms with Gasteiger partial charge in [0.1, 0.15) is 5.57 Å². The Balaban J connectivity index is 1.90. The highest BCUT2D eigenvalue weighted by Crippen LogP contribution is 2.33. The zero-order valence-corrected chi connectivity index (χ0v) is 19.2. The average Bonchev–Trinajstić information content (AvgIpc) is 3.22. The lowest BCUT2D eigenvalue weighted by atomic mass is 10.0. The first-order valence-corrected chi connectivity index (χ1v) is 10.5. The van der Waals surface area contributed by atoms with Gasteiger partial charge >= 0.3 is 12.1 Å². The Labute approximate surface area is 198 Å². The third-order valence-corrected chi connectivity index (χ3v) is 5.62. The van der Waals surface area contributed by atoms with Gasteiger partial charge in [0, 0.05) is 25.5 Å². The monoisotopic (exact) mass is 488 g/mol. The van der Waals surface area contributed by atoms with Gasteiger partial charge in [0.2, 0.25) is 6.41 Å². The summed E-state index contributed by atoms with van der Waals surface area (Å²) in [4.78, 5) is 42.6. The van der Waals surface area contributed by atoms with Gasteiger partial charge in [0.05, 0.1) is 29.5 Å². The molecule has 0 saturated heterocycles. The van der Waals surface area contributed by atoms with Crippen LogP contribution in [0, 0.1) is 6.92 Å². The number of aryl methyl sites for hydroxylation is 1. The Bertz CT molecular complexity index is 1310. The first-order chi connectivity index (χ1) is 16.5. The summed E-state index contributed by atoms with van der Waals surface area (Å²) in [7, 11) is 1.52. The summed E-state index contributed by atoms with van der Waals surface area (Å²) < 4.78 is 41.6. The number of imide groups is 1. The fourth-order valence-electron chi connectivity index (χ4n) is 3.65. The average molecular weight is 488 g/mol. The van der Waals surface area contributed by atoms with Crippen LogP contribution in [0.5, 0.6) is 0 Å². The van der Waals surface area contributed by atoms with Gasteiger partial charge in [-0.05, 0) is 49.2 Å². The Morgan fingerprint density at radius 3 is 2.51 bits per heavy atom. The van der Waals surface area contributed by atoms with Crippen LogP contribution in [-0.4, -0.2) is 44.9 Å². The first kappa shape index (κ1) is 25.5. The molecule has 1 aromatic heterocycles. The SMILES string of the molecule is CCn1cnc2cc(N(C)/C=C(/C(=O)O)C(=O)N(C=O)Cc3cccc(C(F)(F)F)c3C)ccc21. The van der Waals surface area contributed by atoms with Crippen LogP contribution < -0.4 is 4.90 Å². The molecule has 0 aliphatic carbocycles. The molecule has 0 aliphatic rings. The van der Waals surface area contributed by atoms with E-state index >= 15 is 0 Å². The van der Waals surface area contributed by atoms with Crippen LogP contribution in [0.1, 0.15) is 23.6 Å². The standard InChI is InChI=1S/C24H23F3N4O4/c1-4-30-13-28-20-10-17(8-9-21(20)30)29(3)12-18(23(34)35)22(33)31(14-32)11-16-6-5-7-19(15(16)2)24(25,26)27/h5-10,12-14H,4,11H2,1-3H3,(H,34,35)/b18-12+. The number of halogens is 3. The highest BCUT2D eigenvalue weighted by atomic mass is 19.4. The number of fused-ring (bicyclic) bond motifs is 1. The van der Waals surface area contributed by atoms with Crippen LogP contribution in [0.4, 0.5) is 18.9 Å². The van der Waals surface area contributed by atoms with Gasteiger partial charge in [0.25, 0.3) is 5.91 Å². The van der Waals surface area contributed by atoms with Gasteiger partial charge < -0.3 is 14.6 Å². The van der Waals surface area contributed by atoms with Crippen LogP contribution in [0.3, 0.4) is 0 Å². The number of aromatic nitrogens is 2. The van der Waals surface area contributed by atoms with E-state index in [2.05, 4.69) is 4.98 Å². The Hall–Kier alpha value is -4.15. The van der Waals surface area contributed by atoms with E-state index in [1.807, 2.05) is 17.6 Å². The molecule has 3 rings (SSSR count). The molecule has 184 valence electrons. The lowest BCUT2D eigenvalue weighted by molar-refractivity contribution is -0.140. The molecule has 11 heteroatoms. The van der Waals surface area contributed by atoms with Gasteiger partial charge in [0.15, 0.2) is 0 Å². The maximum Gasteiger partial charge on any atom is 0.416 e. The molecule has 0 saturated carbocycles.